The van der Waals surface area contributed by atoms with Crippen molar-refractivity contribution in [3.8, 4) is 6.01 Å². The molecule has 112 valence electrons. The summed E-state index contributed by atoms with van der Waals surface area (Å²) in [7, 11) is 1.50. The van der Waals surface area contributed by atoms with Crippen molar-refractivity contribution in [2.24, 2.45) is 0 Å². The van der Waals surface area contributed by atoms with E-state index in [1.165, 1.54) is 24.3 Å². The minimum absolute atomic E-state index is 0.146. The number of rotatable bonds is 6. The Balaban J connectivity index is 1.87. The molecule has 9 nitrogen and oxygen atoms in total. The van der Waals surface area contributed by atoms with Crippen LogP contribution in [0.15, 0.2) is 22.8 Å². The van der Waals surface area contributed by atoms with Crippen LogP contribution < -0.4 is 10.1 Å². The number of aromatic amines is 1. The fourth-order valence-electron chi connectivity index (χ4n) is 1.54. The second-order valence-electron chi connectivity index (χ2n) is 4.09. The fourth-order valence-corrected chi connectivity index (χ4v) is 1.54. The molecule has 2 aromatic heterocycles. The number of hydrogen-bond donors (Lipinski definition) is 2. The molecule has 2 N–H and O–H groups in total. The summed E-state index contributed by atoms with van der Waals surface area (Å²) in [6, 6.07) is 3.28. The molecular formula is C12H15N5O4. The molecule has 0 spiro atoms. The maximum Gasteiger partial charge on any atom is 0.337 e. The monoisotopic (exact) mass is 293 g/mol. The molecule has 2 aromatic rings. The van der Waals surface area contributed by atoms with E-state index in [-0.39, 0.29) is 30.2 Å². The van der Waals surface area contributed by atoms with Crippen molar-refractivity contribution in [1.82, 2.24) is 20.1 Å². The quantitative estimate of drug-likeness (QED) is 0.802. The number of likely N-dealkylation sites (N-methyl/N-ethyl adjacent to an activating group) is 1. The van der Waals surface area contributed by atoms with Gasteiger partial charge in [0.1, 0.15) is 6.54 Å². The smallest absolute Gasteiger partial charge is 0.337 e. The number of carbonyl (C=O) groups is 2. The molecule has 0 atom stereocenters. The largest absolute Gasteiger partial charge is 0.463 e. The first-order chi connectivity index (χ1) is 10.1. The van der Waals surface area contributed by atoms with Gasteiger partial charge >= 0.3 is 6.01 Å². The third-order valence-electron chi connectivity index (χ3n) is 2.46. The fraction of sp³-hybridized carbons (Fsp3) is 0.333. The molecule has 0 aromatic carbocycles. The number of amides is 2. The zero-order valence-electron chi connectivity index (χ0n) is 11.6. The molecule has 0 saturated carbocycles. The first-order valence-corrected chi connectivity index (χ1v) is 6.24. The first kappa shape index (κ1) is 14.6. The summed E-state index contributed by atoms with van der Waals surface area (Å²) >= 11 is 0. The van der Waals surface area contributed by atoms with Crippen LogP contribution in [-0.4, -0.2) is 52.1 Å². The van der Waals surface area contributed by atoms with Crippen molar-refractivity contribution in [3.05, 3.63) is 24.2 Å². The lowest BCUT2D eigenvalue weighted by Gasteiger charge is -2.14. The van der Waals surface area contributed by atoms with E-state index in [2.05, 4.69) is 20.5 Å². The van der Waals surface area contributed by atoms with Crippen LogP contribution >= 0.6 is 0 Å². The number of aromatic nitrogens is 3. The van der Waals surface area contributed by atoms with Crippen LogP contribution in [0.25, 0.3) is 0 Å². The number of furan rings is 1. The van der Waals surface area contributed by atoms with Gasteiger partial charge in [0, 0.05) is 7.05 Å². The van der Waals surface area contributed by atoms with Gasteiger partial charge in [-0.1, -0.05) is 0 Å². The number of ether oxygens (including phenoxy) is 1. The van der Waals surface area contributed by atoms with Crippen LogP contribution in [0, 0.1) is 0 Å². The number of hydrogen-bond acceptors (Lipinski definition) is 6. The van der Waals surface area contributed by atoms with Crippen molar-refractivity contribution >= 4 is 17.8 Å². The Labute approximate surface area is 120 Å². The van der Waals surface area contributed by atoms with Gasteiger partial charge in [-0.2, -0.15) is 4.98 Å². The average Bonchev–Trinajstić information content (AvgIpc) is 3.10. The van der Waals surface area contributed by atoms with Gasteiger partial charge in [0.15, 0.2) is 5.76 Å². The van der Waals surface area contributed by atoms with Crippen molar-refractivity contribution in [1.29, 1.82) is 0 Å². The van der Waals surface area contributed by atoms with Crippen LogP contribution in [-0.2, 0) is 4.79 Å². The third-order valence-corrected chi connectivity index (χ3v) is 2.46. The summed E-state index contributed by atoms with van der Waals surface area (Å²) in [5, 5.41) is 8.74. The Morgan fingerprint density at radius 3 is 3.00 bits per heavy atom. The summed E-state index contributed by atoms with van der Waals surface area (Å²) in [5.41, 5.74) is 0. The molecule has 0 saturated heterocycles. The minimum Gasteiger partial charge on any atom is -0.463 e. The van der Waals surface area contributed by atoms with Crippen molar-refractivity contribution in [2.45, 2.75) is 6.92 Å². The lowest BCUT2D eigenvalue weighted by atomic mass is 10.4. The Morgan fingerprint density at radius 2 is 2.33 bits per heavy atom. The van der Waals surface area contributed by atoms with E-state index >= 15 is 0 Å². The molecule has 2 heterocycles. The molecule has 21 heavy (non-hydrogen) atoms. The van der Waals surface area contributed by atoms with Crippen LogP contribution in [0.2, 0.25) is 0 Å². The van der Waals surface area contributed by atoms with E-state index in [9.17, 15) is 9.59 Å². The molecule has 0 aliphatic rings. The van der Waals surface area contributed by atoms with Crippen molar-refractivity contribution in [3.63, 3.8) is 0 Å². The highest BCUT2D eigenvalue weighted by Crippen LogP contribution is 2.06. The molecule has 0 aliphatic heterocycles. The van der Waals surface area contributed by atoms with Gasteiger partial charge in [0.05, 0.1) is 12.9 Å². The van der Waals surface area contributed by atoms with Crippen molar-refractivity contribution in [2.75, 3.05) is 25.5 Å². The van der Waals surface area contributed by atoms with Crippen LogP contribution in [0.4, 0.5) is 5.95 Å². The Morgan fingerprint density at radius 1 is 1.52 bits per heavy atom. The lowest BCUT2D eigenvalue weighted by molar-refractivity contribution is -0.116. The number of carbonyl (C=O) groups excluding carboxylic acids is 2. The Hall–Kier alpha value is -2.84. The molecule has 0 unspecified atom stereocenters. The van der Waals surface area contributed by atoms with Crippen LogP contribution in [0.3, 0.4) is 0 Å². The molecule has 9 heteroatoms. The predicted octanol–water partition coefficient (Wildman–Crippen LogP) is 0.507. The normalized spacial score (nSPS) is 10.2. The molecule has 2 rings (SSSR count). The first-order valence-electron chi connectivity index (χ1n) is 6.24. The number of nitrogens with zero attached hydrogens (tertiary/aromatic N) is 3. The molecule has 0 aliphatic carbocycles. The Bertz CT molecular complexity index is 607. The zero-order valence-corrected chi connectivity index (χ0v) is 11.6. The second-order valence-corrected chi connectivity index (χ2v) is 4.09. The van der Waals surface area contributed by atoms with Crippen LogP contribution in [0.5, 0.6) is 6.01 Å². The maximum absolute atomic E-state index is 11.9. The van der Waals surface area contributed by atoms with Crippen molar-refractivity contribution < 1.29 is 18.7 Å². The number of anilines is 1. The van der Waals surface area contributed by atoms with Gasteiger partial charge in [-0.05, 0) is 19.1 Å². The van der Waals surface area contributed by atoms with E-state index in [1.807, 2.05) is 0 Å². The van der Waals surface area contributed by atoms with Gasteiger partial charge in [-0.15, -0.1) is 5.10 Å². The number of nitrogens with one attached hydrogen (secondary N) is 2. The average molecular weight is 293 g/mol. The summed E-state index contributed by atoms with van der Waals surface area (Å²) in [5.74, 6) is -0.481. The highest BCUT2D eigenvalue weighted by molar-refractivity contribution is 5.97. The number of H-pyrrole nitrogens is 1. The van der Waals surface area contributed by atoms with E-state index in [1.54, 1.807) is 13.0 Å². The molecule has 0 fully saturated rings. The van der Waals surface area contributed by atoms with Gasteiger partial charge in [0.2, 0.25) is 11.9 Å². The van der Waals surface area contributed by atoms with E-state index < -0.39 is 5.91 Å². The highest BCUT2D eigenvalue weighted by Gasteiger charge is 2.17. The second kappa shape index (κ2) is 6.55. The highest BCUT2D eigenvalue weighted by atomic mass is 16.5. The summed E-state index contributed by atoms with van der Waals surface area (Å²) in [6.45, 7) is 2.07. The van der Waals surface area contributed by atoms with E-state index in [0.717, 1.165) is 0 Å². The van der Waals surface area contributed by atoms with Gasteiger partial charge in [-0.3, -0.25) is 14.9 Å². The minimum atomic E-state index is -0.420. The zero-order chi connectivity index (χ0) is 15.2. The molecule has 2 amide bonds. The summed E-state index contributed by atoms with van der Waals surface area (Å²) in [6.07, 6.45) is 1.39. The van der Waals surface area contributed by atoms with Gasteiger partial charge in [-0.25, -0.2) is 5.10 Å². The molecule has 0 radical (unpaired) electrons. The van der Waals surface area contributed by atoms with Crippen LogP contribution in [0.1, 0.15) is 17.5 Å². The van der Waals surface area contributed by atoms with Gasteiger partial charge < -0.3 is 14.1 Å². The SMILES string of the molecule is CCOc1n[nH]c(NC(=O)CN(C)C(=O)c2ccco2)n1. The topological polar surface area (TPSA) is 113 Å². The summed E-state index contributed by atoms with van der Waals surface area (Å²) in [4.78, 5) is 28.8. The standard InChI is InChI=1S/C12H15N5O4/c1-3-20-12-14-11(15-16-12)13-9(18)7-17(2)10(19)8-5-4-6-21-8/h4-6H,3,7H2,1-2H3,(H2,13,14,15,16,18). The van der Waals surface area contributed by atoms with E-state index in [0.29, 0.717) is 6.61 Å². The van der Waals surface area contributed by atoms with Gasteiger partial charge in [0.25, 0.3) is 5.91 Å². The maximum atomic E-state index is 11.9. The Kier molecular flexibility index (Phi) is 4.54. The molecular weight excluding hydrogens is 278 g/mol. The lowest BCUT2D eigenvalue weighted by Crippen LogP contribution is -2.34. The molecule has 0 bridgehead atoms. The summed E-state index contributed by atoms with van der Waals surface area (Å²) < 4.78 is 10.0. The predicted molar refractivity (Wildman–Crippen MR) is 71.8 cm³/mol. The third kappa shape index (κ3) is 3.81. The van der Waals surface area contributed by atoms with E-state index in [4.69, 9.17) is 9.15 Å².